The van der Waals surface area contributed by atoms with Crippen LogP contribution in [0.3, 0.4) is 0 Å². The van der Waals surface area contributed by atoms with Gasteiger partial charge in [0.15, 0.2) is 11.5 Å². The highest BCUT2D eigenvalue weighted by Crippen LogP contribution is 2.30. The van der Waals surface area contributed by atoms with Crippen LogP contribution in [0.4, 0.5) is 0 Å². The summed E-state index contributed by atoms with van der Waals surface area (Å²) in [6, 6.07) is 16.1. The Hall–Kier alpha value is -3.02. The zero-order chi connectivity index (χ0) is 18.4. The number of fused-ring (bicyclic) bond motifs is 1. The SMILES string of the molecule is CC(CC(=O)NCC1COc2ccccc2O1)NC(=O)c1ccccc1. The fourth-order valence-corrected chi connectivity index (χ4v) is 2.69. The van der Waals surface area contributed by atoms with Gasteiger partial charge in [-0.1, -0.05) is 30.3 Å². The van der Waals surface area contributed by atoms with E-state index in [-0.39, 0.29) is 30.4 Å². The van der Waals surface area contributed by atoms with Gasteiger partial charge in [0.25, 0.3) is 5.91 Å². The molecule has 2 aromatic carbocycles. The molecule has 2 aromatic rings. The summed E-state index contributed by atoms with van der Waals surface area (Å²) in [5.74, 6) is 1.06. The van der Waals surface area contributed by atoms with E-state index in [0.717, 1.165) is 0 Å². The van der Waals surface area contributed by atoms with Gasteiger partial charge in [-0.05, 0) is 31.2 Å². The van der Waals surface area contributed by atoms with Crippen LogP contribution >= 0.6 is 0 Å². The van der Waals surface area contributed by atoms with Crippen LogP contribution in [-0.4, -0.2) is 37.1 Å². The molecule has 0 radical (unpaired) electrons. The molecule has 2 N–H and O–H groups in total. The topological polar surface area (TPSA) is 76.7 Å². The van der Waals surface area contributed by atoms with Gasteiger partial charge in [-0.2, -0.15) is 0 Å². The second-order valence-corrected chi connectivity index (χ2v) is 6.25. The number of nitrogens with one attached hydrogen (secondary N) is 2. The zero-order valence-electron chi connectivity index (χ0n) is 14.6. The van der Waals surface area contributed by atoms with Crippen molar-refractivity contribution in [2.75, 3.05) is 13.2 Å². The number of hydrogen-bond acceptors (Lipinski definition) is 4. The molecule has 2 unspecified atom stereocenters. The molecule has 1 aliphatic rings. The third-order valence-corrected chi connectivity index (χ3v) is 4.00. The lowest BCUT2D eigenvalue weighted by Crippen LogP contribution is -2.43. The molecule has 2 atom stereocenters. The minimum Gasteiger partial charge on any atom is -0.486 e. The van der Waals surface area contributed by atoms with Gasteiger partial charge in [-0.25, -0.2) is 0 Å². The van der Waals surface area contributed by atoms with Crippen molar-refractivity contribution >= 4 is 11.8 Å². The first-order valence-electron chi connectivity index (χ1n) is 8.63. The molecule has 0 bridgehead atoms. The Kier molecular flexibility index (Phi) is 5.73. The largest absolute Gasteiger partial charge is 0.486 e. The summed E-state index contributed by atoms with van der Waals surface area (Å²) in [6.07, 6.45) is -0.0361. The fourth-order valence-electron chi connectivity index (χ4n) is 2.69. The first kappa shape index (κ1) is 17.8. The van der Waals surface area contributed by atoms with Crippen LogP contribution in [-0.2, 0) is 4.79 Å². The van der Waals surface area contributed by atoms with Crippen LogP contribution < -0.4 is 20.1 Å². The summed E-state index contributed by atoms with van der Waals surface area (Å²) >= 11 is 0. The van der Waals surface area contributed by atoms with Gasteiger partial charge in [0.1, 0.15) is 12.7 Å². The Balaban J connectivity index is 1.41. The highest BCUT2D eigenvalue weighted by atomic mass is 16.6. The van der Waals surface area contributed by atoms with E-state index in [1.165, 1.54) is 0 Å². The molecule has 0 aliphatic carbocycles. The molecule has 0 saturated heterocycles. The number of carbonyl (C=O) groups is 2. The van der Waals surface area contributed by atoms with Gasteiger partial charge >= 0.3 is 0 Å². The second kappa shape index (κ2) is 8.38. The number of para-hydroxylation sites is 2. The fraction of sp³-hybridized carbons (Fsp3) is 0.300. The Morgan fingerprint density at radius 1 is 1.08 bits per heavy atom. The van der Waals surface area contributed by atoms with Gasteiger partial charge in [-0.3, -0.25) is 9.59 Å². The lowest BCUT2D eigenvalue weighted by molar-refractivity contribution is -0.121. The number of hydrogen-bond donors (Lipinski definition) is 2. The van der Waals surface area contributed by atoms with Crippen LogP contribution in [0.5, 0.6) is 11.5 Å². The average molecular weight is 354 g/mol. The molecule has 6 nitrogen and oxygen atoms in total. The molecule has 1 heterocycles. The van der Waals surface area contributed by atoms with E-state index in [1.807, 2.05) is 30.3 Å². The summed E-state index contributed by atoms with van der Waals surface area (Å²) in [4.78, 5) is 24.2. The quantitative estimate of drug-likeness (QED) is 0.833. The first-order chi connectivity index (χ1) is 12.6. The van der Waals surface area contributed by atoms with Crippen molar-refractivity contribution in [2.45, 2.75) is 25.5 Å². The van der Waals surface area contributed by atoms with Crippen molar-refractivity contribution in [3.63, 3.8) is 0 Å². The Labute approximate surface area is 152 Å². The zero-order valence-corrected chi connectivity index (χ0v) is 14.6. The molecular weight excluding hydrogens is 332 g/mol. The minimum absolute atomic E-state index is 0.145. The Bertz CT molecular complexity index is 763. The lowest BCUT2D eigenvalue weighted by Gasteiger charge is -2.26. The average Bonchev–Trinajstić information content (AvgIpc) is 2.66. The maximum absolute atomic E-state index is 12.1. The van der Waals surface area contributed by atoms with Gasteiger partial charge in [0.05, 0.1) is 6.54 Å². The summed E-state index contributed by atoms with van der Waals surface area (Å²) < 4.78 is 11.4. The normalized spacial score (nSPS) is 16.4. The molecular formula is C20H22N2O4. The molecule has 3 rings (SSSR count). The highest BCUT2D eigenvalue weighted by Gasteiger charge is 2.21. The third kappa shape index (κ3) is 4.75. The number of amides is 2. The number of carbonyl (C=O) groups excluding carboxylic acids is 2. The molecule has 0 fully saturated rings. The molecule has 2 amide bonds. The molecule has 136 valence electrons. The van der Waals surface area contributed by atoms with Crippen LogP contribution in [0, 0.1) is 0 Å². The van der Waals surface area contributed by atoms with E-state index in [2.05, 4.69) is 10.6 Å². The van der Waals surface area contributed by atoms with Gasteiger partial charge < -0.3 is 20.1 Å². The van der Waals surface area contributed by atoms with Crippen LogP contribution in [0.15, 0.2) is 54.6 Å². The van der Waals surface area contributed by atoms with Crippen molar-refractivity contribution in [3.8, 4) is 11.5 Å². The van der Waals surface area contributed by atoms with Crippen LogP contribution in [0.2, 0.25) is 0 Å². The number of rotatable bonds is 6. The second-order valence-electron chi connectivity index (χ2n) is 6.25. The van der Waals surface area contributed by atoms with Crippen molar-refractivity contribution < 1.29 is 19.1 Å². The Morgan fingerprint density at radius 2 is 1.77 bits per heavy atom. The molecule has 1 aliphatic heterocycles. The highest BCUT2D eigenvalue weighted by molar-refractivity contribution is 5.94. The summed E-state index contributed by atoms with van der Waals surface area (Å²) in [5.41, 5.74) is 0.575. The van der Waals surface area contributed by atoms with E-state index in [9.17, 15) is 9.59 Å². The van der Waals surface area contributed by atoms with Gasteiger partial charge in [0, 0.05) is 18.0 Å². The molecule has 0 saturated carbocycles. The molecule has 0 aromatic heterocycles. The summed E-state index contributed by atoms with van der Waals surface area (Å²) in [7, 11) is 0. The van der Waals surface area contributed by atoms with Crippen LogP contribution in [0.1, 0.15) is 23.7 Å². The Morgan fingerprint density at radius 3 is 2.54 bits per heavy atom. The van der Waals surface area contributed by atoms with E-state index in [4.69, 9.17) is 9.47 Å². The first-order valence-corrected chi connectivity index (χ1v) is 8.63. The molecule has 6 heteroatoms. The predicted octanol–water partition coefficient (Wildman–Crippen LogP) is 2.15. The summed E-state index contributed by atoms with van der Waals surface area (Å²) in [6.45, 7) is 2.54. The predicted molar refractivity (Wildman–Crippen MR) is 97.3 cm³/mol. The standard InChI is InChI=1S/C20H22N2O4/c1-14(22-20(24)15-7-3-2-4-8-15)11-19(23)21-12-16-13-25-17-9-5-6-10-18(17)26-16/h2-10,14,16H,11-13H2,1H3,(H,21,23)(H,22,24). The van der Waals surface area contributed by atoms with E-state index >= 15 is 0 Å². The molecule has 0 spiro atoms. The molecule has 26 heavy (non-hydrogen) atoms. The minimum atomic E-state index is -0.271. The maximum atomic E-state index is 12.1. The van der Waals surface area contributed by atoms with E-state index in [0.29, 0.717) is 30.2 Å². The lowest BCUT2D eigenvalue weighted by atomic mass is 10.1. The number of benzene rings is 2. The van der Waals surface area contributed by atoms with Gasteiger partial charge in [-0.15, -0.1) is 0 Å². The van der Waals surface area contributed by atoms with Crippen molar-refractivity contribution in [1.29, 1.82) is 0 Å². The number of ether oxygens (including phenoxy) is 2. The third-order valence-electron chi connectivity index (χ3n) is 4.00. The van der Waals surface area contributed by atoms with Crippen molar-refractivity contribution in [3.05, 3.63) is 60.2 Å². The maximum Gasteiger partial charge on any atom is 0.251 e. The van der Waals surface area contributed by atoms with Crippen LogP contribution in [0.25, 0.3) is 0 Å². The van der Waals surface area contributed by atoms with Crippen molar-refractivity contribution in [2.24, 2.45) is 0 Å². The monoisotopic (exact) mass is 354 g/mol. The smallest absolute Gasteiger partial charge is 0.251 e. The van der Waals surface area contributed by atoms with E-state index in [1.54, 1.807) is 31.2 Å². The van der Waals surface area contributed by atoms with Gasteiger partial charge in [0.2, 0.25) is 5.91 Å². The summed E-state index contributed by atoms with van der Waals surface area (Å²) in [5, 5.41) is 5.65. The van der Waals surface area contributed by atoms with E-state index < -0.39 is 0 Å². The van der Waals surface area contributed by atoms with Crippen molar-refractivity contribution in [1.82, 2.24) is 10.6 Å².